The Morgan fingerprint density at radius 1 is 1.30 bits per heavy atom. The maximum absolute atomic E-state index is 12.1. The number of aryl methyl sites for hydroxylation is 1. The topological polar surface area (TPSA) is 63.6 Å². The van der Waals surface area contributed by atoms with Gasteiger partial charge in [0.25, 0.3) is 0 Å². The molecule has 0 aliphatic heterocycles. The zero-order valence-corrected chi connectivity index (χ0v) is 12.7. The predicted molar refractivity (Wildman–Crippen MR) is 77.6 cm³/mol. The second-order valence-electron chi connectivity index (χ2n) is 4.68. The first-order valence-corrected chi connectivity index (χ1v) is 7.02. The van der Waals surface area contributed by atoms with Crippen LogP contribution in [0.25, 0.3) is 0 Å². The van der Waals surface area contributed by atoms with Crippen molar-refractivity contribution in [1.82, 2.24) is 0 Å². The fourth-order valence-corrected chi connectivity index (χ4v) is 2.07. The number of carbonyl (C=O) groups is 2. The summed E-state index contributed by atoms with van der Waals surface area (Å²) in [5.74, 6) is -1.80. The number of halogens is 1. The normalized spacial score (nSPS) is 12.0. The summed E-state index contributed by atoms with van der Waals surface area (Å²) in [6.07, 6.45) is 2.15. The fraction of sp³-hybridized carbons (Fsp3) is 0.467. The van der Waals surface area contributed by atoms with E-state index < -0.39 is 11.9 Å². The number of hydrogen-bond acceptors (Lipinski definition) is 3. The van der Waals surface area contributed by atoms with Crippen LogP contribution in [0.4, 0.5) is 0 Å². The van der Waals surface area contributed by atoms with Crippen molar-refractivity contribution in [3.63, 3.8) is 0 Å². The van der Waals surface area contributed by atoms with Gasteiger partial charge in [0.2, 0.25) is 0 Å². The number of carboxylic acids is 1. The molecule has 1 aromatic carbocycles. The van der Waals surface area contributed by atoms with E-state index in [1.807, 2.05) is 13.8 Å². The molecule has 5 heteroatoms. The highest BCUT2D eigenvalue weighted by Gasteiger charge is 2.22. The third-order valence-corrected chi connectivity index (χ3v) is 3.50. The monoisotopic (exact) mass is 298 g/mol. The number of aromatic carboxylic acids is 1. The molecule has 1 aromatic rings. The number of carboxylic acid groups (broad SMARTS) is 1. The zero-order valence-electron chi connectivity index (χ0n) is 11.9. The van der Waals surface area contributed by atoms with Crippen LogP contribution in [-0.2, 0) is 4.74 Å². The lowest BCUT2D eigenvalue weighted by Gasteiger charge is -2.16. The number of esters is 1. The number of benzene rings is 1. The summed E-state index contributed by atoms with van der Waals surface area (Å²) in [6.45, 7) is 5.62. The van der Waals surface area contributed by atoms with E-state index >= 15 is 0 Å². The molecule has 110 valence electrons. The molecule has 0 amide bonds. The third kappa shape index (κ3) is 3.97. The maximum atomic E-state index is 12.1. The van der Waals surface area contributed by atoms with Crippen molar-refractivity contribution in [2.75, 3.05) is 0 Å². The van der Waals surface area contributed by atoms with Crippen molar-refractivity contribution >= 4 is 23.5 Å². The van der Waals surface area contributed by atoms with Gasteiger partial charge in [-0.3, -0.25) is 0 Å². The predicted octanol–water partition coefficient (Wildman–Crippen LogP) is 4.08. The summed E-state index contributed by atoms with van der Waals surface area (Å²) in [4.78, 5) is 23.4. The molecule has 0 saturated carbocycles. The van der Waals surface area contributed by atoms with Gasteiger partial charge >= 0.3 is 11.9 Å². The zero-order chi connectivity index (χ0) is 15.3. The molecule has 1 atom stereocenters. The van der Waals surface area contributed by atoms with Gasteiger partial charge in [0.15, 0.2) is 0 Å². The van der Waals surface area contributed by atoms with E-state index in [-0.39, 0.29) is 17.2 Å². The summed E-state index contributed by atoms with van der Waals surface area (Å²) in [6, 6.07) is 2.75. The van der Waals surface area contributed by atoms with Gasteiger partial charge in [0.05, 0.1) is 11.1 Å². The Labute approximate surface area is 123 Å². The molecule has 1 unspecified atom stereocenters. The molecule has 0 fully saturated rings. The quantitative estimate of drug-likeness (QED) is 0.804. The van der Waals surface area contributed by atoms with Gasteiger partial charge < -0.3 is 9.84 Å². The Kier molecular flexibility index (Phi) is 6.02. The Morgan fingerprint density at radius 3 is 2.45 bits per heavy atom. The van der Waals surface area contributed by atoms with Crippen LogP contribution in [0.2, 0.25) is 5.02 Å². The summed E-state index contributed by atoms with van der Waals surface area (Å²) >= 11 is 5.97. The van der Waals surface area contributed by atoms with Crippen molar-refractivity contribution in [2.45, 2.75) is 46.1 Å². The van der Waals surface area contributed by atoms with E-state index in [9.17, 15) is 14.7 Å². The molecule has 0 spiro atoms. The van der Waals surface area contributed by atoms with Gasteiger partial charge in [-0.25, -0.2) is 9.59 Å². The molecule has 0 saturated heterocycles. The SMILES string of the molecule is CCCC(CC)OC(=O)c1cc(Cl)c(C)cc1C(=O)O. The summed E-state index contributed by atoms with van der Waals surface area (Å²) in [5.41, 5.74) is 0.534. The van der Waals surface area contributed by atoms with Crippen LogP contribution in [0.15, 0.2) is 12.1 Å². The van der Waals surface area contributed by atoms with Crippen LogP contribution >= 0.6 is 11.6 Å². The van der Waals surface area contributed by atoms with Crippen molar-refractivity contribution < 1.29 is 19.4 Å². The molecular formula is C15H19ClO4. The molecule has 0 radical (unpaired) electrons. The first kappa shape index (κ1) is 16.5. The van der Waals surface area contributed by atoms with Crippen LogP contribution in [-0.4, -0.2) is 23.1 Å². The van der Waals surface area contributed by atoms with Crippen LogP contribution in [0.1, 0.15) is 59.4 Å². The lowest BCUT2D eigenvalue weighted by molar-refractivity contribution is 0.0266. The minimum Gasteiger partial charge on any atom is -0.478 e. The molecule has 0 bridgehead atoms. The average Bonchev–Trinajstić information content (AvgIpc) is 2.40. The van der Waals surface area contributed by atoms with Gasteiger partial charge in [-0.1, -0.05) is 31.9 Å². The molecule has 4 nitrogen and oxygen atoms in total. The van der Waals surface area contributed by atoms with E-state index in [1.165, 1.54) is 12.1 Å². The van der Waals surface area contributed by atoms with Crippen LogP contribution in [0, 0.1) is 6.92 Å². The first-order chi connectivity index (χ1) is 9.40. The Balaban J connectivity index is 3.08. The Hall–Kier alpha value is -1.55. The molecule has 0 aliphatic rings. The van der Waals surface area contributed by atoms with Gasteiger partial charge in [0.1, 0.15) is 6.10 Å². The van der Waals surface area contributed by atoms with Crippen LogP contribution in [0.5, 0.6) is 0 Å². The second-order valence-corrected chi connectivity index (χ2v) is 5.08. The summed E-state index contributed by atoms with van der Waals surface area (Å²) < 4.78 is 5.35. The Bertz CT molecular complexity index is 511. The minimum atomic E-state index is -1.17. The number of rotatable bonds is 6. The second kappa shape index (κ2) is 7.29. The highest BCUT2D eigenvalue weighted by Crippen LogP contribution is 2.23. The lowest BCUT2D eigenvalue weighted by Crippen LogP contribution is -2.19. The number of hydrogen-bond donors (Lipinski definition) is 1. The lowest BCUT2D eigenvalue weighted by atomic mass is 10.0. The van der Waals surface area contributed by atoms with Gasteiger partial charge in [-0.05, 0) is 37.5 Å². The molecule has 1 rings (SSSR count). The van der Waals surface area contributed by atoms with Crippen LogP contribution in [0.3, 0.4) is 0 Å². The first-order valence-electron chi connectivity index (χ1n) is 6.65. The largest absolute Gasteiger partial charge is 0.478 e. The number of ether oxygens (including phenoxy) is 1. The van der Waals surface area contributed by atoms with Crippen molar-refractivity contribution in [2.24, 2.45) is 0 Å². The fourth-order valence-electron chi connectivity index (χ4n) is 1.91. The number of carbonyl (C=O) groups excluding carboxylic acids is 1. The van der Waals surface area contributed by atoms with E-state index in [1.54, 1.807) is 6.92 Å². The highest BCUT2D eigenvalue weighted by atomic mass is 35.5. The standard InChI is InChI=1S/C15H19ClO4/c1-4-6-10(5-2)20-15(19)12-8-13(16)9(3)7-11(12)14(17)18/h7-8,10H,4-6H2,1-3H3,(H,17,18). The molecule has 0 heterocycles. The molecule has 0 aliphatic carbocycles. The smallest absolute Gasteiger partial charge is 0.339 e. The highest BCUT2D eigenvalue weighted by molar-refractivity contribution is 6.32. The van der Waals surface area contributed by atoms with Crippen molar-refractivity contribution in [3.8, 4) is 0 Å². The molecule has 20 heavy (non-hydrogen) atoms. The van der Waals surface area contributed by atoms with Gasteiger partial charge in [0, 0.05) is 5.02 Å². The van der Waals surface area contributed by atoms with E-state index in [0.29, 0.717) is 17.0 Å². The summed E-state index contributed by atoms with van der Waals surface area (Å²) in [7, 11) is 0. The third-order valence-electron chi connectivity index (χ3n) is 3.09. The molecular weight excluding hydrogens is 280 g/mol. The molecule has 0 aromatic heterocycles. The maximum Gasteiger partial charge on any atom is 0.339 e. The molecule has 1 N–H and O–H groups in total. The minimum absolute atomic E-state index is 0.00246. The summed E-state index contributed by atoms with van der Waals surface area (Å²) in [5, 5.41) is 9.53. The van der Waals surface area contributed by atoms with Crippen molar-refractivity contribution in [3.05, 3.63) is 33.8 Å². The van der Waals surface area contributed by atoms with E-state index in [2.05, 4.69) is 0 Å². The van der Waals surface area contributed by atoms with Gasteiger partial charge in [-0.2, -0.15) is 0 Å². The Morgan fingerprint density at radius 2 is 1.95 bits per heavy atom. The van der Waals surface area contributed by atoms with E-state index in [4.69, 9.17) is 16.3 Å². The van der Waals surface area contributed by atoms with Crippen molar-refractivity contribution in [1.29, 1.82) is 0 Å². The average molecular weight is 299 g/mol. The van der Waals surface area contributed by atoms with E-state index in [0.717, 1.165) is 12.8 Å². The van der Waals surface area contributed by atoms with Gasteiger partial charge in [-0.15, -0.1) is 0 Å². The van der Waals surface area contributed by atoms with Crippen LogP contribution < -0.4 is 0 Å².